The zero-order chi connectivity index (χ0) is 10.2. The van der Waals surface area contributed by atoms with Crippen molar-refractivity contribution in [3.8, 4) is 0 Å². The zero-order valence-corrected chi connectivity index (χ0v) is 8.16. The first-order chi connectivity index (χ1) is 6.52. The standard InChI is InChI=1S/C6H11NO6S/c7-5-10-1-6(2-11-5)3-12-14(8,9)13-4-6/h5H,1-4,7H2. The lowest BCUT2D eigenvalue weighted by Gasteiger charge is -2.39. The Labute approximate surface area is 81.4 Å². The van der Waals surface area contributed by atoms with Crippen molar-refractivity contribution in [3.63, 3.8) is 0 Å². The van der Waals surface area contributed by atoms with Crippen LogP contribution in [0.25, 0.3) is 0 Å². The van der Waals surface area contributed by atoms with Crippen molar-refractivity contribution in [2.75, 3.05) is 26.4 Å². The first-order valence-corrected chi connectivity index (χ1v) is 5.37. The molecule has 14 heavy (non-hydrogen) atoms. The molecular weight excluding hydrogens is 214 g/mol. The molecule has 1 spiro atoms. The van der Waals surface area contributed by atoms with Crippen molar-refractivity contribution in [3.05, 3.63) is 0 Å². The first kappa shape index (κ1) is 10.3. The molecule has 0 atom stereocenters. The van der Waals surface area contributed by atoms with Gasteiger partial charge < -0.3 is 9.47 Å². The summed E-state index contributed by atoms with van der Waals surface area (Å²) in [4.78, 5) is 0. The molecule has 2 aliphatic heterocycles. The van der Waals surface area contributed by atoms with Crippen molar-refractivity contribution in [1.82, 2.24) is 0 Å². The lowest BCUT2D eigenvalue weighted by molar-refractivity contribution is -0.242. The second-order valence-corrected chi connectivity index (χ2v) is 4.71. The maximum absolute atomic E-state index is 10.8. The van der Waals surface area contributed by atoms with E-state index in [1.165, 1.54) is 0 Å². The Morgan fingerprint density at radius 1 is 1.07 bits per heavy atom. The third kappa shape index (κ3) is 2.05. The fourth-order valence-electron chi connectivity index (χ4n) is 1.24. The highest BCUT2D eigenvalue weighted by Gasteiger charge is 2.43. The van der Waals surface area contributed by atoms with E-state index in [-0.39, 0.29) is 26.4 Å². The molecule has 2 aliphatic rings. The molecule has 2 heterocycles. The molecular formula is C6H11NO6S. The SMILES string of the molecule is NC1OCC2(CO1)COS(=O)(=O)OC2. The molecule has 0 saturated carbocycles. The van der Waals surface area contributed by atoms with Crippen LogP contribution in [0.5, 0.6) is 0 Å². The molecule has 2 saturated heterocycles. The average molecular weight is 225 g/mol. The lowest BCUT2D eigenvalue weighted by atomic mass is 9.92. The largest absolute Gasteiger partial charge is 0.399 e. The van der Waals surface area contributed by atoms with Crippen molar-refractivity contribution < 1.29 is 26.3 Å². The van der Waals surface area contributed by atoms with E-state index in [4.69, 9.17) is 15.2 Å². The van der Waals surface area contributed by atoms with Gasteiger partial charge in [-0.05, 0) is 0 Å². The molecule has 7 nitrogen and oxygen atoms in total. The fraction of sp³-hybridized carbons (Fsp3) is 1.00. The summed E-state index contributed by atoms with van der Waals surface area (Å²) in [6.07, 6.45) is -0.751. The van der Waals surface area contributed by atoms with Crippen molar-refractivity contribution in [2.45, 2.75) is 6.41 Å². The number of ether oxygens (including phenoxy) is 2. The minimum atomic E-state index is -3.81. The predicted octanol–water partition coefficient (Wildman–Crippen LogP) is -1.45. The van der Waals surface area contributed by atoms with Crippen LogP contribution in [0.3, 0.4) is 0 Å². The summed E-state index contributed by atoms with van der Waals surface area (Å²) in [6.45, 7) is 0.539. The summed E-state index contributed by atoms with van der Waals surface area (Å²) < 4.78 is 40.7. The highest BCUT2D eigenvalue weighted by molar-refractivity contribution is 7.81. The highest BCUT2D eigenvalue weighted by Crippen LogP contribution is 2.29. The minimum Gasteiger partial charge on any atom is -0.339 e. The van der Waals surface area contributed by atoms with Crippen LogP contribution >= 0.6 is 0 Å². The van der Waals surface area contributed by atoms with Crippen LogP contribution in [-0.4, -0.2) is 41.3 Å². The Kier molecular flexibility index (Phi) is 2.50. The van der Waals surface area contributed by atoms with E-state index < -0.39 is 22.2 Å². The molecule has 0 radical (unpaired) electrons. The normalized spacial score (nSPS) is 31.8. The number of nitrogens with two attached hydrogens (primary N) is 1. The van der Waals surface area contributed by atoms with E-state index in [0.717, 1.165) is 0 Å². The molecule has 2 fully saturated rings. The summed E-state index contributed by atoms with van der Waals surface area (Å²) >= 11 is 0. The number of hydrogen-bond donors (Lipinski definition) is 1. The molecule has 0 unspecified atom stereocenters. The predicted molar refractivity (Wildman–Crippen MR) is 43.1 cm³/mol. The van der Waals surface area contributed by atoms with Crippen molar-refractivity contribution in [2.24, 2.45) is 11.1 Å². The van der Waals surface area contributed by atoms with Gasteiger partial charge in [0.1, 0.15) is 0 Å². The van der Waals surface area contributed by atoms with E-state index >= 15 is 0 Å². The van der Waals surface area contributed by atoms with E-state index in [9.17, 15) is 8.42 Å². The van der Waals surface area contributed by atoms with Gasteiger partial charge in [-0.15, -0.1) is 0 Å². The lowest BCUT2D eigenvalue weighted by Crippen LogP contribution is -2.52. The van der Waals surface area contributed by atoms with Crippen LogP contribution in [0.1, 0.15) is 0 Å². The van der Waals surface area contributed by atoms with Gasteiger partial charge in [0.05, 0.1) is 31.8 Å². The Morgan fingerprint density at radius 3 is 2.07 bits per heavy atom. The van der Waals surface area contributed by atoms with Gasteiger partial charge in [0.15, 0.2) is 0 Å². The van der Waals surface area contributed by atoms with E-state index in [1.54, 1.807) is 0 Å². The van der Waals surface area contributed by atoms with Gasteiger partial charge in [0.25, 0.3) is 0 Å². The maximum atomic E-state index is 10.8. The van der Waals surface area contributed by atoms with Crippen LogP contribution in [0, 0.1) is 5.41 Å². The average Bonchev–Trinajstić information content (AvgIpc) is 2.16. The Bertz CT molecular complexity index is 290. The van der Waals surface area contributed by atoms with Crippen LogP contribution in [0.2, 0.25) is 0 Å². The quantitative estimate of drug-likeness (QED) is 0.538. The molecule has 0 aromatic rings. The van der Waals surface area contributed by atoms with Crippen LogP contribution in [0.4, 0.5) is 0 Å². The monoisotopic (exact) mass is 225 g/mol. The van der Waals surface area contributed by atoms with Gasteiger partial charge in [0.2, 0.25) is 6.41 Å². The summed E-state index contributed by atoms with van der Waals surface area (Å²) in [5.74, 6) is 0. The van der Waals surface area contributed by atoms with Crippen LogP contribution in [0.15, 0.2) is 0 Å². The smallest absolute Gasteiger partial charge is 0.339 e. The molecule has 0 aromatic heterocycles. The molecule has 82 valence electrons. The van der Waals surface area contributed by atoms with Crippen molar-refractivity contribution >= 4 is 10.4 Å². The van der Waals surface area contributed by atoms with Gasteiger partial charge in [-0.25, -0.2) is 8.37 Å². The third-order valence-corrected chi connectivity index (χ3v) is 2.94. The van der Waals surface area contributed by atoms with Crippen LogP contribution < -0.4 is 5.73 Å². The zero-order valence-electron chi connectivity index (χ0n) is 7.34. The summed E-state index contributed by atoms with van der Waals surface area (Å²) in [6, 6.07) is 0. The van der Waals surface area contributed by atoms with Gasteiger partial charge in [-0.2, -0.15) is 8.42 Å². The van der Waals surface area contributed by atoms with Gasteiger partial charge >= 0.3 is 10.4 Å². The molecule has 0 bridgehead atoms. The van der Waals surface area contributed by atoms with E-state index in [0.29, 0.717) is 0 Å². The van der Waals surface area contributed by atoms with Gasteiger partial charge in [-0.3, -0.25) is 5.73 Å². The molecule has 2 rings (SSSR count). The van der Waals surface area contributed by atoms with Gasteiger partial charge in [-0.1, -0.05) is 0 Å². The molecule has 2 N–H and O–H groups in total. The van der Waals surface area contributed by atoms with Gasteiger partial charge in [0, 0.05) is 0 Å². The topological polar surface area (TPSA) is 97.1 Å². The summed E-state index contributed by atoms with van der Waals surface area (Å²) in [7, 11) is -3.81. The second kappa shape index (κ2) is 3.40. The van der Waals surface area contributed by atoms with Crippen molar-refractivity contribution in [1.29, 1.82) is 0 Å². The summed E-state index contributed by atoms with van der Waals surface area (Å²) in [5, 5.41) is 0. The van der Waals surface area contributed by atoms with Crippen LogP contribution in [-0.2, 0) is 28.2 Å². The highest BCUT2D eigenvalue weighted by atomic mass is 32.3. The Hall–Kier alpha value is -0.250. The summed E-state index contributed by atoms with van der Waals surface area (Å²) in [5.41, 5.74) is 4.78. The van der Waals surface area contributed by atoms with E-state index in [2.05, 4.69) is 8.37 Å². The van der Waals surface area contributed by atoms with E-state index in [1.807, 2.05) is 0 Å². The number of hydrogen-bond acceptors (Lipinski definition) is 7. The fourth-order valence-corrected chi connectivity index (χ4v) is 2.10. The maximum Gasteiger partial charge on any atom is 0.399 e. The Morgan fingerprint density at radius 2 is 1.57 bits per heavy atom. The Balaban J connectivity index is 1.99. The minimum absolute atomic E-state index is 0.00204. The first-order valence-electron chi connectivity index (χ1n) is 4.04. The number of rotatable bonds is 0. The molecule has 8 heteroatoms. The molecule has 0 aromatic carbocycles. The molecule has 0 aliphatic carbocycles. The second-order valence-electron chi connectivity index (χ2n) is 3.42. The molecule has 0 amide bonds. The third-order valence-electron chi connectivity index (χ3n) is 2.13.